The van der Waals surface area contributed by atoms with Gasteiger partial charge >= 0.3 is 0 Å². The highest BCUT2D eigenvalue weighted by Gasteiger charge is 2.11. The Hall–Kier alpha value is -2.54. The molecule has 7 heteroatoms. The van der Waals surface area contributed by atoms with Crippen molar-refractivity contribution in [3.63, 3.8) is 0 Å². The Labute approximate surface area is 122 Å². The van der Waals surface area contributed by atoms with E-state index in [0.29, 0.717) is 18.0 Å². The second kappa shape index (κ2) is 7.30. The van der Waals surface area contributed by atoms with E-state index in [1.807, 2.05) is 6.92 Å². The first-order valence-electron chi connectivity index (χ1n) is 6.48. The van der Waals surface area contributed by atoms with E-state index in [4.69, 9.17) is 4.74 Å². The van der Waals surface area contributed by atoms with Crippen molar-refractivity contribution in [2.75, 3.05) is 13.7 Å². The molecule has 0 saturated carbocycles. The van der Waals surface area contributed by atoms with E-state index >= 15 is 0 Å². The largest absolute Gasteiger partial charge is 0.382 e. The molecule has 0 saturated heterocycles. The summed E-state index contributed by atoms with van der Waals surface area (Å²) in [5.74, 6) is -0.309. The zero-order valence-corrected chi connectivity index (χ0v) is 11.9. The number of carbonyl (C=O) groups excluding carboxylic acids is 1. The highest BCUT2D eigenvalue weighted by Crippen LogP contribution is 2.07. The molecular weight excluding hydrogens is 270 g/mol. The smallest absolute Gasteiger partial charge is 0.276 e. The van der Waals surface area contributed by atoms with Crippen LogP contribution in [0.2, 0.25) is 0 Å². The summed E-state index contributed by atoms with van der Waals surface area (Å²) in [4.78, 5) is 19.9. The Morgan fingerprint density at radius 2 is 2.24 bits per heavy atom. The lowest BCUT2D eigenvalue weighted by Crippen LogP contribution is -2.22. The number of rotatable bonds is 6. The molecule has 2 heterocycles. The van der Waals surface area contributed by atoms with Crippen LogP contribution in [0.4, 0.5) is 5.69 Å². The highest BCUT2D eigenvalue weighted by molar-refractivity contribution is 5.99. The van der Waals surface area contributed by atoms with Crippen molar-refractivity contribution < 1.29 is 9.53 Å². The van der Waals surface area contributed by atoms with Gasteiger partial charge in [0.05, 0.1) is 24.7 Å². The van der Waals surface area contributed by atoms with Gasteiger partial charge in [-0.1, -0.05) is 0 Å². The summed E-state index contributed by atoms with van der Waals surface area (Å²) in [5, 5.41) is 6.78. The van der Waals surface area contributed by atoms with Gasteiger partial charge in [0.2, 0.25) is 0 Å². The zero-order valence-electron chi connectivity index (χ0n) is 11.9. The standard InChI is InChI=1S/C14H17N5O2/c1-11(9-21-2)19-8-5-13(18-19)14(20)17-10-16-12-3-6-15-7-4-12/h3-8,10-11H,9H2,1-2H3,(H,15,16,17,20). The molecule has 2 aromatic heterocycles. The third-order valence-electron chi connectivity index (χ3n) is 2.77. The van der Waals surface area contributed by atoms with Crippen LogP contribution in [0.1, 0.15) is 23.5 Å². The fraction of sp³-hybridized carbons (Fsp3) is 0.286. The van der Waals surface area contributed by atoms with E-state index < -0.39 is 0 Å². The zero-order chi connectivity index (χ0) is 15.1. The van der Waals surface area contributed by atoms with Crippen molar-refractivity contribution in [3.8, 4) is 0 Å². The van der Waals surface area contributed by atoms with Gasteiger partial charge in [0, 0.05) is 25.7 Å². The number of nitrogens with one attached hydrogen (secondary N) is 1. The van der Waals surface area contributed by atoms with Gasteiger partial charge < -0.3 is 10.1 Å². The third kappa shape index (κ3) is 4.22. The summed E-state index contributed by atoms with van der Waals surface area (Å²) in [7, 11) is 1.63. The fourth-order valence-corrected chi connectivity index (χ4v) is 1.69. The van der Waals surface area contributed by atoms with Gasteiger partial charge in [-0.05, 0) is 25.1 Å². The molecule has 1 unspecified atom stereocenters. The highest BCUT2D eigenvalue weighted by atomic mass is 16.5. The average molecular weight is 287 g/mol. The quantitative estimate of drug-likeness (QED) is 0.646. The summed E-state index contributed by atoms with van der Waals surface area (Å²) in [6, 6.07) is 5.21. The van der Waals surface area contributed by atoms with Crippen LogP contribution in [-0.4, -0.2) is 40.7 Å². The first-order chi connectivity index (χ1) is 10.2. The van der Waals surface area contributed by atoms with Crippen molar-refractivity contribution in [1.29, 1.82) is 0 Å². The van der Waals surface area contributed by atoms with E-state index in [9.17, 15) is 4.79 Å². The monoisotopic (exact) mass is 287 g/mol. The number of hydrogen-bond donors (Lipinski definition) is 1. The minimum atomic E-state index is -0.309. The SMILES string of the molecule is COCC(C)n1ccc(C(=O)NC=Nc2ccncc2)n1. The Balaban J connectivity index is 1.93. The number of pyridine rings is 1. The molecule has 1 atom stereocenters. The van der Waals surface area contributed by atoms with Gasteiger partial charge in [0.1, 0.15) is 0 Å². The molecule has 0 fully saturated rings. The number of ether oxygens (including phenoxy) is 1. The summed E-state index contributed by atoms with van der Waals surface area (Å²) in [6.07, 6.45) is 6.36. The van der Waals surface area contributed by atoms with Gasteiger partial charge in [-0.2, -0.15) is 5.10 Å². The van der Waals surface area contributed by atoms with Crippen LogP contribution in [0.3, 0.4) is 0 Å². The van der Waals surface area contributed by atoms with E-state index in [0.717, 1.165) is 0 Å². The maximum Gasteiger partial charge on any atom is 0.276 e. The van der Waals surface area contributed by atoms with Crippen LogP contribution >= 0.6 is 0 Å². The molecule has 1 amide bonds. The van der Waals surface area contributed by atoms with Crippen molar-refractivity contribution in [2.24, 2.45) is 4.99 Å². The van der Waals surface area contributed by atoms with Crippen molar-refractivity contribution in [1.82, 2.24) is 20.1 Å². The number of amides is 1. The third-order valence-corrected chi connectivity index (χ3v) is 2.77. The summed E-state index contributed by atoms with van der Waals surface area (Å²) < 4.78 is 6.75. The van der Waals surface area contributed by atoms with Crippen LogP contribution < -0.4 is 5.32 Å². The second-order valence-electron chi connectivity index (χ2n) is 4.42. The number of carbonyl (C=O) groups is 1. The van der Waals surface area contributed by atoms with E-state index in [-0.39, 0.29) is 11.9 Å². The Kier molecular flexibility index (Phi) is 5.16. The number of methoxy groups -OCH3 is 1. The van der Waals surface area contributed by atoms with Crippen LogP contribution in [0, 0.1) is 0 Å². The molecule has 0 radical (unpaired) electrons. The minimum absolute atomic E-state index is 0.0713. The Morgan fingerprint density at radius 1 is 1.48 bits per heavy atom. The van der Waals surface area contributed by atoms with Crippen LogP contribution in [0.25, 0.3) is 0 Å². The van der Waals surface area contributed by atoms with E-state index in [1.165, 1.54) is 6.34 Å². The predicted molar refractivity (Wildman–Crippen MR) is 78.7 cm³/mol. The lowest BCUT2D eigenvalue weighted by Gasteiger charge is -2.09. The maximum atomic E-state index is 11.9. The normalized spacial score (nSPS) is 12.5. The van der Waals surface area contributed by atoms with Gasteiger partial charge in [-0.25, -0.2) is 4.99 Å². The first-order valence-corrected chi connectivity index (χ1v) is 6.48. The molecule has 0 bridgehead atoms. The Bertz CT molecular complexity index is 609. The number of aliphatic imine (C=N–C) groups is 1. The average Bonchev–Trinajstić information content (AvgIpc) is 2.98. The topological polar surface area (TPSA) is 81.4 Å². The second-order valence-corrected chi connectivity index (χ2v) is 4.42. The van der Waals surface area contributed by atoms with Gasteiger partial charge in [-0.3, -0.25) is 14.5 Å². The number of hydrogen-bond acceptors (Lipinski definition) is 5. The Morgan fingerprint density at radius 3 is 2.95 bits per heavy atom. The predicted octanol–water partition coefficient (Wildman–Crippen LogP) is 1.58. The lowest BCUT2D eigenvalue weighted by atomic mass is 10.4. The first kappa shape index (κ1) is 14.9. The van der Waals surface area contributed by atoms with Crippen LogP contribution in [0.15, 0.2) is 41.8 Å². The van der Waals surface area contributed by atoms with Crippen LogP contribution in [0.5, 0.6) is 0 Å². The van der Waals surface area contributed by atoms with Gasteiger partial charge in [0.15, 0.2) is 5.69 Å². The maximum absolute atomic E-state index is 11.9. The molecule has 0 aliphatic carbocycles. The summed E-state index contributed by atoms with van der Waals surface area (Å²) in [5.41, 5.74) is 1.05. The molecule has 0 spiro atoms. The summed E-state index contributed by atoms with van der Waals surface area (Å²) >= 11 is 0. The molecule has 21 heavy (non-hydrogen) atoms. The number of nitrogens with zero attached hydrogens (tertiary/aromatic N) is 4. The minimum Gasteiger partial charge on any atom is -0.382 e. The molecule has 2 rings (SSSR count). The molecule has 7 nitrogen and oxygen atoms in total. The molecule has 2 aromatic rings. The van der Waals surface area contributed by atoms with Crippen molar-refractivity contribution >= 4 is 17.9 Å². The molecular formula is C14H17N5O2. The van der Waals surface area contributed by atoms with Crippen molar-refractivity contribution in [2.45, 2.75) is 13.0 Å². The van der Waals surface area contributed by atoms with Gasteiger partial charge in [0.25, 0.3) is 5.91 Å². The van der Waals surface area contributed by atoms with E-state index in [1.54, 1.807) is 48.6 Å². The molecule has 0 aliphatic rings. The molecule has 1 N–H and O–H groups in total. The lowest BCUT2D eigenvalue weighted by molar-refractivity contribution is 0.0971. The summed E-state index contributed by atoms with van der Waals surface area (Å²) in [6.45, 7) is 2.50. The fourth-order valence-electron chi connectivity index (χ4n) is 1.69. The number of aromatic nitrogens is 3. The molecule has 110 valence electrons. The molecule has 0 aliphatic heterocycles. The van der Waals surface area contributed by atoms with E-state index in [2.05, 4.69) is 20.4 Å². The van der Waals surface area contributed by atoms with Gasteiger partial charge in [-0.15, -0.1) is 0 Å². The van der Waals surface area contributed by atoms with Crippen molar-refractivity contribution in [3.05, 3.63) is 42.5 Å². The van der Waals surface area contributed by atoms with Crippen LogP contribution in [-0.2, 0) is 4.74 Å². The molecule has 0 aromatic carbocycles.